The van der Waals surface area contributed by atoms with Crippen LogP contribution in [-0.4, -0.2) is 26.0 Å². The normalized spacial score (nSPS) is 14.3. The summed E-state index contributed by atoms with van der Waals surface area (Å²) in [5.74, 6) is -0.704. The summed E-state index contributed by atoms with van der Waals surface area (Å²) in [4.78, 5) is 10.5. The van der Waals surface area contributed by atoms with Gasteiger partial charge in [-0.05, 0) is 6.92 Å². The first-order valence-corrected chi connectivity index (χ1v) is 4.81. The topological polar surface area (TPSA) is 63.2 Å². The molecule has 0 heterocycles. The van der Waals surface area contributed by atoms with Crippen molar-refractivity contribution in [2.45, 2.75) is 12.3 Å². The molecule has 0 rings (SSSR count). The van der Waals surface area contributed by atoms with Crippen molar-refractivity contribution in [3.8, 4) is 0 Å². The molecule has 0 aliphatic heterocycles. The molecule has 0 aromatic heterocycles. The Labute approximate surface area is 64.6 Å². The minimum atomic E-state index is -3.45. The Kier molecular flexibility index (Phi) is 3.11. The van der Waals surface area contributed by atoms with Gasteiger partial charge < -0.3 is 0 Å². The van der Waals surface area contributed by atoms with Crippen molar-refractivity contribution < 1.29 is 13.2 Å². The molecule has 0 saturated carbocycles. The molecule has 0 radical (unpaired) electrons. The van der Waals surface area contributed by atoms with E-state index in [1.807, 2.05) is 0 Å². The van der Waals surface area contributed by atoms with Gasteiger partial charge in [-0.1, -0.05) is 0 Å². The number of alkyl halides is 1. The molecule has 10 heavy (non-hydrogen) atoms. The van der Waals surface area contributed by atoms with Gasteiger partial charge in [-0.15, -0.1) is 11.6 Å². The van der Waals surface area contributed by atoms with E-state index < -0.39 is 21.3 Å². The highest BCUT2D eigenvalue weighted by Crippen LogP contribution is 1.92. The molecule has 0 aliphatic carbocycles. The molecule has 0 bridgehead atoms. The molecule has 0 aliphatic rings. The van der Waals surface area contributed by atoms with Crippen LogP contribution >= 0.6 is 11.6 Å². The van der Waals surface area contributed by atoms with Crippen molar-refractivity contribution in [1.29, 1.82) is 0 Å². The number of hydrogen-bond donors (Lipinski definition) is 1. The van der Waals surface area contributed by atoms with Crippen LogP contribution in [0.2, 0.25) is 0 Å². The summed E-state index contributed by atoms with van der Waals surface area (Å²) >= 11 is 5.26. The van der Waals surface area contributed by atoms with Gasteiger partial charge in [0.05, 0.1) is 6.26 Å². The molecule has 1 amide bonds. The minimum Gasteiger partial charge on any atom is -0.272 e. The lowest BCUT2D eigenvalue weighted by molar-refractivity contribution is -0.118. The summed E-state index contributed by atoms with van der Waals surface area (Å²) in [5.41, 5.74) is 0. The number of nitrogens with one attached hydrogen (secondary N) is 1. The first-order valence-electron chi connectivity index (χ1n) is 2.48. The third-order valence-electron chi connectivity index (χ3n) is 0.647. The Balaban J connectivity index is 4.07. The van der Waals surface area contributed by atoms with E-state index in [1.54, 1.807) is 4.72 Å². The second kappa shape index (κ2) is 3.21. The number of rotatable bonds is 2. The highest BCUT2D eigenvalue weighted by atomic mass is 35.5. The van der Waals surface area contributed by atoms with Crippen molar-refractivity contribution >= 4 is 27.5 Å². The smallest absolute Gasteiger partial charge is 0.251 e. The van der Waals surface area contributed by atoms with Crippen molar-refractivity contribution in [2.75, 3.05) is 6.26 Å². The summed E-state index contributed by atoms with van der Waals surface area (Å²) < 4.78 is 22.4. The molecule has 1 unspecified atom stereocenters. The second-order valence-electron chi connectivity index (χ2n) is 1.85. The SMILES string of the molecule is CC(Cl)C(=O)NS(C)(=O)=O. The first-order chi connectivity index (χ1) is 4.33. The third-order valence-corrected chi connectivity index (χ3v) is 1.42. The van der Waals surface area contributed by atoms with E-state index in [4.69, 9.17) is 11.6 Å². The highest BCUT2D eigenvalue weighted by molar-refractivity contribution is 7.89. The number of carbonyl (C=O) groups excluding carboxylic acids is 1. The maximum absolute atomic E-state index is 10.5. The molecule has 0 saturated heterocycles. The summed E-state index contributed by atoms with van der Waals surface area (Å²) in [6.07, 6.45) is 0.893. The Hall–Kier alpha value is -0.290. The largest absolute Gasteiger partial charge is 0.272 e. The third kappa shape index (κ3) is 4.58. The maximum Gasteiger partial charge on any atom is 0.251 e. The molecule has 0 spiro atoms. The van der Waals surface area contributed by atoms with Gasteiger partial charge >= 0.3 is 0 Å². The fraction of sp³-hybridized carbons (Fsp3) is 0.750. The zero-order valence-corrected chi connectivity index (χ0v) is 7.16. The van der Waals surface area contributed by atoms with Crippen LogP contribution in [0.1, 0.15) is 6.92 Å². The van der Waals surface area contributed by atoms with Crippen LogP contribution < -0.4 is 4.72 Å². The molecule has 1 atom stereocenters. The van der Waals surface area contributed by atoms with Gasteiger partial charge in [-0.25, -0.2) is 8.42 Å². The number of amides is 1. The number of hydrogen-bond acceptors (Lipinski definition) is 3. The van der Waals surface area contributed by atoms with Gasteiger partial charge in [0.15, 0.2) is 0 Å². The Morgan fingerprint density at radius 3 is 2.10 bits per heavy atom. The lowest BCUT2D eigenvalue weighted by atomic mass is 10.5. The summed E-state index contributed by atoms with van der Waals surface area (Å²) in [6, 6.07) is 0. The molecular weight excluding hydrogens is 178 g/mol. The average molecular weight is 186 g/mol. The molecule has 4 nitrogen and oxygen atoms in total. The maximum atomic E-state index is 10.5. The molecule has 1 N–H and O–H groups in total. The average Bonchev–Trinajstić information content (AvgIpc) is 1.60. The van der Waals surface area contributed by atoms with Gasteiger partial charge in [-0.2, -0.15) is 0 Å². The molecule has 0 fully saturated rings. The van der Waals surface area contributed by atoms with Crippen LogP contribution in [0.5, 0.6) is 0 Å². The van der Waals surface area contributed by atoms with E-state index in [1.165, 1.54) is 6.92 Å². The number of sulfonamides is 1. The van der Waals surface area contributed by atoms with Gasteiger partial charge in [-0.3, -0.25) is 9.52 Å². The molecule has 60 valence electrons. The molecular formula is C4H8ClNO3S. The van der Waals surface area contributed by atoms with E-state index >= 15 is 0 Å². The molecule has 0 aromatic carbocycles. The van der Waals surface area contributed by atoms with Crippen LogP contribution in [0.15, 0.2) is 0 Å². The van der Waals surface area contributed by atoms with Crippen molar-refractivity contribution in [3.05, 3.63) is 0 Å². The van der Waals surface area contributed by atoms with Crippen molar-refractivity contribution in [2.24, 2.45) is 0 Å². The van der Waals surface area contributed by atoms with Crippen molar-refractivity contribution in [1.82, 2.24) is 4.72 Å². The van der Waals surface area contributed by atoms with E-state index in [0.717, 1.165) is 6.26 Å². The van der Waals surface area contributed by atoms with Gasteiger partial charge in [0.25, 0.3) is 5.91 Å². The lowest BCUT2D eigenvalue weighted by Gasteiger charge is -2.01. The zero-order chi connectivity index (χ0) is 8.36. The van der Waals surface area contributed by atoms with E-state index in [2.05, 4.69) is 0 Å². The second-order valence-corrected chi connectivity index (χ2v) is 4.26. The quantitative estimate of drug-likeness (QED) is 0.601. The summed E-state index contributed by atoms with van der Waals surface area (Å²) in [6.45, 7) is 1.39. The van der Waals surface area contributed by atoms with Crippen LogP contribution in [-0.2, 0) is 14.8 Å². The Morgan fingerprint density at radius 2 is 2.00 bits per heavy atom. The zero-order valence-electron chi connectivity index (χ0n) is 5.59. The predicted octanol–water partition coefficient (Wildman–Crippen LogP) is -0.310. The van der Waals surface area contributed by atoms with Crippen molar-refractivity contribution in [3.63, 3.8) is 0 Å². The number of carbonyl (C=O) groups is 1. The van der Waals surface area contributed by atoms with Gasteiger partial charge in [0, 0.05) is 0 Å². The summed E-state index contributed by atoms with van der Waals surface area (Å²) in [7, 11) is -3.45. The van der Waals surface area contributed by atoms with E-state index in [9.17, 15) is 13.2 Å². The highest BCUT2D eigenvalue weighted by Gasteiger charge is 2.12. The fourth-order valence-electron chi connectivity index (χ4n) is 0.264. The van der Waals surface area contributed by atoms with Crippen LogP contribution in [0, 0.1) is 0 Å². The van der Waals surface area contributed by atoms with Gasteiger partial charge in [0.1, 0.15) is 5.38 Å². The fourth-order valence-corrected chi connectivity index (χ4v) is 0.925. The van der Waals surface area contributed by atoms with Crippen LogP contribution in [0.25, 0.3) is 0 Å². The molecule has 6 heteroatoms. The minimum absolute atomic E-state index is 0.704. The van der Waals surface area contributed by atoms with E-state index in [0.29, 0.717) is 0 Å². The first kappa shape index (κ1) is 9.71. The van der Waals surface area contributed by atoms with Crippen LogP contribution in [0.3, 0.4) is 0 Å². The van der Waals surface area contributed by atoms with Crippen LogP contribution in [0.4, 0.5) is 0 Å². The van der Waals surface area contributed by atoms with Gasteiger partial charge in [0.2, 0.25) is 10.0 Å². The predicted molar refractivity (Wildman–Crippen MR) is 38.3 cm³/mol. The Morgan fingerprint density at radius 1 is 1.60 bits per heavy atom. The van der Waals surface area contributed by atoms with E-state index in [-0.39, 0.29) is 0 Å². The monoisotopic (exact) mass is 185 g/mol. The standard InChI is InChI=1S/C4H8ClNO3S/c1-3(5)4(7)6-10(2,8)9/h3H,1-2H3,(H,6,7). The Bertz CT molecular complexity index is 221. The number of halogens is 1. The summed E-state index contributed by atoms with van der Waals surface area (Å²) in [5, 5.41) is -0.824. The molecule has 0 aromatic rings. The lowest BCUT2D eigenvalue weighted by Crippen LogP contribution is -2.34.